The summed E-state index contributed by atoms with van der Waals surface area (Å²) in [5, 5.41) is 6.18. The Hall–Kier alpha value is -0.650. The fourth-order valence-corrected chi connectivity index (χ4v) is 2.81. The second-order valence-corrected chi connectivity index (χ2v) is 5.94. The van der Waals surface area contributed by atoms with Crippen LogP contribution in [0.2, 0.25) is 0 Å². The summed E-state index contributed by atoms with van der Waals surface area (Å²) >= 11 is 0. The van der Waals surface area contributed by atoms with E-state index < -0.39 is 0 Å². The number of carbonyl (C=O) groups is 1. The number of nitrogens with one attached hydrogen (secondary N) is 2. The SMILES string of the molecule is COCC(C)NC(=O)CNCC1CCN(C2CC2)C1. The maximum Gasteiger partial charge on any atom is 0.234 e. The van der Waals surface area contributed by atoms with Gasteiger partial charge in [-0.3, -0.25) is 4.79 Å². The van der Waals surface area contributed by atoms with Gasteiger partial charge in [0, 0.05) is 25.7 Å². The maximum atomic E-state index is 11.6. The Kier molecular flexibility index (Phi) is 5.60. The van der Waals surface area contributed by atoms with Crippen molar-refractivity contribution in [1.29, 1.82) is 0 Å². The molecule has 0 bridgehead atoms. The summed E-state index contributed by atoms with van der Waals surface area (Å²) in [5.41, 5.74) is 0. The second-order valence-electron chi connectivity index (χ2n) is 5.94. The molecule has 19 heavy (non-hydrogen) atoms. The molecule has 1 amide bonds. The van der Waals surface area contributed by atoms with Crippen LogP contribution < -0.4 is 10.6 Å². The van der Waals surface area contributed by atoms with Gasteiger partial charge in [0.25, 0.3) is 0 Å². The van der Waals surface area contributed by atoms with Gasteiger partial charge in [-0.05, 0) is 45.2 Å². The largest absolute Gasteiger partial charge is 0.383 e. The van der Waals surface area contributed by atoms with Gasteiger partial charge in [0.05, 0.1) is 13.2 Å². The molecule has 2 aliphatic rings. The van der Waals surface area contributed by atoms with Crippen LogP contribution in [0, 0.1) is 5.92 Å². The molecule has 2 rings (SSSR count). The van der Waals surface area contributed by atoms with Gasteiger partial charge in [-0.1, -0.05) is 0 Å². The van der Waals surface area contributed by atoms with Gasteiger partial charge < -0.3 is 20.3 Å². The molecule has 0 radical (unpaired) electrons. The van der Waals surface area contributed by atoms with Crippen molar-refractivity contribution in [3.8, 4) is 0 Å². The number of methoxy groups -OCH3 is 1. The van der Waals surface area contributed by atoms with Gasteiger partial charge in [0.2, 0.25) is 5.91 Å². The predicted molar refractivity (Wildman–Crippen MR) is 75.1 cm³/mol. The average molecular weight is 269 g/mol. The highest BCUT2D eigenvalue weighted by Gasteiger charge is 2.34. The fraction of sp³-hybridized carbons (Fsp3) is 0.929. The lowest BCUT2D eigenvalue weighted by Crippen LogP contribution is -2.42. The van der Waals surface area contributed by atoms with Crippen LogP contribution in [0.4, 0.5) is 0 Å². The molecule has 5 heteroatoms. The van der Waals surface area contributed by atoms with Gasteiger partial charge >= 0.3 is 0 Å². The molecule has 1 saturated carbocycles. The molecule has 0 spiro atoms. The van der Waals surface area contributed by atoms with Crippen molar-refractivity contribution >= 4 is 5.91 Å². The number of hydrogen-bond acceptors (Lipinski definition) is 4. The van der Waals surface area contributed by atoms with Crippen molar-refractivity contribution in [2.24, 2.45) is 5.92 Å². The lowest BCUT2D eigenvalue weighted by atomic mass is 10.1. The molecule has 2 unspecified atom stereocenters. The Bertz CT molecular complexity index is 294. The van der Waals surface area contributed by atoms with E-state index in [0.29, 0.717) is 19.1 Å². The molecule has 1 saturated heterocycles. The van der Waals surface area contributed by atoms with E-state index in [9.17, 15) is 4.79 Å². The third kappa shape index (κ3) is 5.09. The number of nitrogens with zero attached hydrogens (tertiary/aromatic N) is 1. The smallest absolute Gasteiger partial charge is 0.234 e. The molecule has 2 atom stereocenters. The zero-order valence-corrected chi connectivity index (χ0v) is 12.2. The summed E-state index contributed by atoms with van der Waals surface area (Å²) in [6.07, 6.45) is 4.05. The van der Waals surface area contributed by atoms with Gasteiger partial charge in [-0.2, -0.15) is 0 Å². The van der Waals surface area contributed by atoms with E-state index in [1.165, 1.54) is 32.4 Å². The van der Waals surface area contributed by atoms with Gasteiger partial charge in [-0.25, -0.2) is 0 Å². The van der Waals surface area contributed by atoms with Crippen molar-refractivity contribution in [2.45, 2.75) is 38.3 Å². The lowest BCUT2D eigenvalue weighted by molar-refractivity contribution is -0.121. The summed E-state index contributed by atoms with van der Waals surface area (Å²) in [6, 6.07) is 0.958. The second kappa shape index (κ2) is 7.22. The first kappa shape index (κ1) is 14.8. The van der Waals surface area contributed by atoms with E-state index in [4.69, 9.17) is 4.74 Å². The highest BCUT2D eigenvalue weighted by atomic mass is 16.5. The maximum absolute atomic E-state index is 11.6. The molecule has 0 aromatic rings. The molecule has 0 aromatic carbocycles. The topological polar surface area (TPSA) is 53.6 Å². The predicted octanol–water partition coefficient (Wildman–Crippen LogP) is 0.211. The van der Waals surface area contributed by atoms with E-state index in [-0.39, 0.29) is 11.9 Å². The first-order chi connectivity index (χ1) is 9.19. The molecule has 110 valence electrons. The van der Waals surface area contributed by atoms with Gasteiger partial charge in [-0.15, -0.1) is 0 Å². The summed E-state index contributed by atoms with van der Waals surface area (Å²) < 4.78 is 4.99. The molecule has 1 aliphatic heterocycles. The number of likely N-dealkylation sites (tertiary alicyclic amines) is 1. The molecule has 1 heterocycles. The van der Waals surface area contributed by atoms with E-state index >= 15 is 0 Å². The van der Waals surface area contributed by atoms with Crippen LogP contribution in [0.3, 0.4) is 0 Å². The zero-order chi connectivity index (χ0) is 13.7. The minimum absolute atomic E-state index is 0.0570. The first-order valence-electron chi connectivity index (χ1n) is 7.42. The van der Waals surface area contributed by atoms with Gasteiger partial charge in [0.1, 0.15) is 0 Å². The van der Waals surface area contributed by atoms with Crippen molar-refractivity contribution < 1.29 is 9.53 Å². The third-order valence-electron chi connectivity index (χ3n) is 3.92. The zero-order valence-electron chi connectivity index (χ0n) is 12.2. The normalized spacial score (nSPS) is 25.5. The highest BCUT2D eigenvalue weighted by Crippen LogP contribution is 2.31. The Labute approximate surface area is 116 Å². The summed E-state index contributed by atoms with van der Waals surface area (Å²) in [6.45, 7) is 6.33. The van der Waals surface area contributed by atoms with Crippen LogP contribution in [0.25, 0.3) is 0 Å². The van der Waals surface area contributed by atoms with E-state index in [1.54, 1.807) is 7.11 Å². The summed E-state index contributed by atoms with van der Waals surface area (Å²) in [7, 11) is 1.65. The minimum atomic E-state index is 0.0570. The Morgan fingerprint density at radius 2 is 2.21 bits per heavy atom. The molecular weight excluding hydrogens is 242 g/mol. The number of rotatable bonds is 8. The van der Waals surface area contributed by atoms with E-state index in [0.717, 1.165) is 12.6 Å². The summed E-state index contributed by atoms with van der Waals surface area (Å²) in [5.74, 6) is 0.770. The average Bonchev–Trinajstić information content (AvgIpc) is 3.10. The van der Waals surface area contributed by atoms with Crippen LogP contribution in [-0.2, 0) is 9.53 Å². The molecule has 1 aliphatic carbocycles. The third-order valence-corrected chi connectivity index (χ3v) is 3.92. The van der Waals surface area contributed by atoms with E-state index in [1.807, 2.05) is 6.92 Å². The summed E-state index contributed by atoms with van der Waals surface area (Å²) in [4.78, 5) is 14.2. The monoisotopic (exact) mass is 269 g/mol. The van der Waals surface area contributed by atoms with Crippen LogP contribution in [0.5, 0.6) is 0 Å². The minimum Gasteiger partial charge on any atom is -0.383 e. The fourth-order valence-electron chi connectivity index (χ4n) is 2.81. The van der Waals surface area contributed by atoms with Crippen molar-refractivity contribution in [2.75, 3.05) is 39.9 Å². The van der Waals surface area contributed by atoms with Crippen LogP contribution in [-0.4, -0.2) is 62.8 Å². The number of amides is 1. The highest BCUT2D eigenvalue weighted by molar-refractivity contribution is 5.78. The molecular formula is C14H27N3O2. The van der Waals surface area contributed by atoms with Crippen LogP contribution in [0.15, 0.2) is 0 Å². The molecule has 0 aromatic heterocycles. The van der Waals surface area contributed by atoms with Crippen LogP contribution in [0.1, 0.15) is 26.2 Å². The number of carbonyl (C=O) groups excluding carboxylic acids is 1. The van der Waals surface area contributed by atoms with Crippen molar-refractivity contribution in [1.82, 2.24) is 15.5 Å². The first-order valence-corrected chi connectivity index (χ1v) is 7.42. The quantitative estimate of drug-likeness (QED) is 0.661. The molecule has 5 nitrogen and oxygen atoms in total. The lowest BCUT2D eigenvalue weighted by Gasteiger charge is -2.16. The number of hydrogen-bond donors (Lipinski definition) is 2. The van der Waals surface area contributed by atoms with E-state index in [2.05, 4.69) is 15.5 Å². The Morgan fingerprint density at radius 3 is 2.89 bits per heavy atom. The molecule has 2 N–H and O–H groups in total. The Balaban J connectivity index is 1.52. The van der Waals surface area contributed by atoms with Gasteiger partial charge in [0.15, 0.2) is 0 Å². The standard InChI is InChI=1S/C14H27N3O2/c1-11(10-19-2)16-14(18)8-15-7-12-5-6-17(9-12)13-3-4-13/h11-13,15H,3-10H2,1-2H3,(H,16,18). The van der Waals surface area contributed by atoms with Crippen LogP contribution >= 0.6 is 0 Å². The molecule has 2 fully saturated rings. The van der Waals surface area contributed by atoms with Crippen molar-refractivity contribution in [3.63, 3.8) is 0 Å². The Morgan fingerprint density at radius 1 is 1.42 bits per heavy atom. The van der Waals surface area contributed by atoms with Crippen molar-refractivity contribution in [3.05, 3.63) is 0 Å². The number of ether oxygens (including phenoxy) is 1.